The van der Waals surface area contributed by atoms with Gasteiger partial charge in [-0.25, -0.2) is 0 Å². The van der Waals surface area contributed by atoms with E-state index in [1.165, 1.54) is 16.7 Å². The van der Waals surface area contributed by atoms with E-state index in [1.54, 1.807) is 0 Å². The summed E-state index contributed by atoms with van der Waals surface area (Å²) in [5.41, 5.74) is 4.73. The molecule has 0 saturated heterocycles. The van der Waals surface area contributed by atoms with Crippen LogP contribution in [0.15, 0.2) is 45.3 Å². The Kier molecular flexibility index (Phi) is 4.52. The number of halogens is 3. The van der Waals surface area contributed by atoms with Crippen LogP contribution in [0.5, 0.6) is 0 Å². The number of rotatable bonds is 2. The molecule has 0 radical (unpaired) electrons. The van der Waals surface area contributed by atoms with Crippen LogP contribution < -0.4 is 0 Å². The van der Waals surface area contributed by atoms with Crippen LogP contribution in [-0.4, -0.2) is 0 Å². The lowest BCUT2D eigenvalue weighted by molar-refractivity contribution is 1.07. The summed E-state index contributed by atoms with van der Waals surface area (Å²) in [6, 6.07) is 12.3. The predicted molar refractivity (Wildman–Crippen MR) is 85.5 cm³/mol. The minimum absolute atomic E-state index is 0.141. The molecule has 0 heterocycles. The molecule has 0 aliphatic heterocycles. The zero-order valence-electron chi connectivity index (χ0n) is 10.2. The second-order valence-corrected chi connectivity index (χ2v) is 6.54. The lowest BCUT2D eigenvalue weighted by Gasteiger charge is -2.17. The quantitative estimate of drug-likeness (QED) is 0.541. The smallest absolute Gasteiger partial charge is 0.0851 e. The van der Waals surface area contributed by atoms with Crippen molar-refractivity contribution in [1.82, 2.24) is 0 Å². The molecule has 0 aromatic heterocycles. The molecule has 18 heavy (non-hydrogen) atoms. The van der Waals surface area contributed by atoms with Crippen molar-refractivity contribution in [3.8, 4) is 0 Å². The molecule has 2 aromatic rings. The first-order valence-electron chi connectivity index (χ1n) is 5.66. The Morgan fingerprint density at radius 2 is 1.61 bits per heavy atom. The highest BCUT2D eigenvalue weighted by Gasteiger charge is 2.18. The summed E-state index contributed by atoms with van der Waals surface area (Å²) in [6.45, 7) is 4.20. The van der Waals surface area contributed by atoms with E-state index in [9.17, 15) is 0 Å². The standard InChI is InChI=1S/C15H13Br2Cl/c1-9-4-3-5-10(2)14(9)15(18)12-8-11(16)6-7-13(12)17/h3-8,15H,1-2H3. The molecular formula is C15H13Br2Cl. The highest BCUT2D eigenvalue weighted by molar-refractivity contribution is 9.11. The second-order valence-electron chi connectivity index (χ2n) is 4.33. The summed E-state index contributed by atoms with van der Waals surface area (Å²) < 4.78 is 2.07. The fraction of sp³-hybridized carbons (Fsp3) is 0.200. The number of hydrogen-bond donors (Lipinski definition) is 0. The van der Waals surface area contributed by atoms with Crippen molar-refractivity contribution in [3.05, 3.63) is 67.6 Å². The molecule has 3 heteroatoms. The zero-order valence-corrected chi connectivity index (χ0v) is 14.1. The lowest BCUT2D eigenvalue weighted by atomic mass is 9.96. The van der Waals surface area contributed by atoms with Gasteiger partial charge in [0, 0.05) is 8.95 Å². The monoisotopic (exact) mass is 386 g/mol. The van der Waals surface area contributed by atoms with Crippen LogP contribution >= 0.6 is 43.5 Å². The molecule has 94 valence electrons. The van der Waals surface area contributed by atoms with Crippen LogP contribution in [0.2, 0.25) is 0 Å². The zero-order chi connectivity index (χ0) is 13.3. The van der Waals surface area contributed by atoms with Gasteiger partial charge in [-0.1, -0.05) is 50.1 Å². The molecule has 0 spiro atoms. The molecule has 0 N–H and O–H groups in total. The molecule has 0 bridgehead atoms. The number of benzene rings is 2. The van der Waals surface area contributed by atoms with Crippen LogP contribution in [0.1, 0.15) is 27.6 Å². The predicted octanol–water partition coefficient (Wildman–Crippen LogP) is 6.16. The maximum atomic E-state index is 6.67. The topological polar surface area (TPSA) is 0 Å². The third-order valence-electron chi connectivity index (χ3n) is 3.03. The third kappa shape index (κ3) is 2.81. The van der Waals surface area contributed by atoms with E-state index in [0.29, 0.717) is 0 Å². The molecular weight excluding hydrogens is 375 g/mol. The fourth-order valence-corrected chi connectivity index (χ4v) is 3.60. The van der Waals surface area contributed by atoms with Crippen LogP contribution in [0, 0.1) is 13.8 Å². The van der Waals surface area contributed by atoms with E-state index >= 15 is 0 Å². The van der Waals surface area contributed by atoms with Crippen molar-refractivity contribution in [3.63, 3.8) is 0 Å². The van der Waals surface area contributed by atoms with Crippen molar-refractivity contribution in [2.24, 2.45) is 0 Å². The summed E-state index contributed by atoms with van der Waals surface area (Å²) in [5.74, 6) is 0. The van der Waals surface area contributed by atoms with Gasteiger partial charge in [-0.3, -0.25) is 0 Å². The second kappa shape index (κ2) is 5.77. The molecule has 0 aliphatic rings. The molecule has 0 nitrogen and oxygen atoms in total. The number of aryl methyl sites for hydroxylation is 2. The van der Waals surface area contributed by atoms with Gasteiger partial charge in [0.1, 0.15) is 0 Å². The molecule has 0 saturated carbocycles. The van der Waals surface area contributed by atoms with E-state index in [1.807, 2.05) is 12.1 Å². The van der Waals surface area contributed by atoms with Gasteiger partial charge < -0.3 is 0 Å². The Morgan fingerprint density at radius 1 is 1.00 bits per heavy atom. The summed E-state index contributed by atoms with van der Waals surface area (Å²) in [6.07, 6.45) is 0. The van der Waals surface area contributed by atoms with E-state index in [4.69, 9.17) is 11.6 Å². The van der Waals surface area contributed by atoms with E-state index in [2.05, 4.69) is 70.0 Å². The summed E-state index contributed by atoms with van der Waals surface area (Å²) in [5, 5.41) is -0.141. The Balaban J connectivity index is 2.54. The average Bonchev–Trinajstić information content (AvgIpc) is 2.32. The minimum Gasteiger partial charge on any atom is -0.113 e. The first-order chi connectivity index (χ1) is 8.50. The normalized spacial score (nSPS) is 12.5. The van der Waals surface area contributed by atoms with Crippen molar-refractivity contribution < 1.29 is 0 Å². The maximum Gasteiger partial charge on any atom is 0.0851 e. The minimum atomic E-state index is -0.141. The molecule has 1 unspecified atom stereocenters. The highest BCUT2D eigenvalue weighted by atomic mass is 79.9. The van der Waals surface area contributed by atoms with Gasteiger partial charge in [-0.05, 0) is 54.3 Å². The Morgan fingerprint density at radius 3 is 2.22 bits per heavy atom. The van der Waals surface area contributed by atoms with Crippen molar-refractivity contribution >= 4 is 43.5 Å². The van der Waals surface area contributed by atoms with Gasteiger partial charge in [0.25, 0.3) is 0 Å². The molecule has 0 aliphatic carbocycles. The maximum absolute atomic E-state index is 6.67. The lowest BCUT2D eigenvalue weighted by Crippen LogP contribution is -2.00. The molecule has 0 amide bonds. The van der Waals surface area contributed by atoms with Crippen LogP contribution in [0.3, 0.4) is 0 Å². The van der Waals surface area contributed by atoms with Crippen molar-refractivity contribution in [2.75, 3.05) is 0 Å². The molecule has 1 atom stereocenters. The Bertz CT molecular complexity index is 558. The van der Waals surface area contributed by atoms with Crippen LogP contribution in [-0.2, 0) is 0 Å². The summed E-state index contributed by atoms with van der Waals surface area (Å²) in [7, 11) is 0. The van der Waals surface area contributed by atoms with Crippen molar-refractivity contribution in [2.45, 2.75) is 19.2 Å². The van der Waals surface area contributed by atoms with E-state index in [-0.39, 0.29) is 5.38 Å². The molecule has 0 fully saturated rings. The number of hydrogen-bond acceptors (Lipinski definition) is 0. The van der Waals surface area contributed by atoms with Gasteiger partial charge in [-0.15, -0.1) is 11.6 Å². The summed E-state index contributed by atoms with van der Waals surface area (Å²) in [4.78, 5) is 0. The van der Waals surface area contributed by atoms with Crippen LogP contribution in [0.25, 0.3) is 0 Å². The van der Waals surface area contributed by atoms with Crippen molar-refractivity contribution in [1.29, 1.82) is 0 Å². The van der Waals surface area contributed by atoms with E-state index in [0.717, 1.165) is 14.5 Å². The first kappa shape index (κ1) is 14.1. The van der Waals surface area contributed by atoms with Gasteiger partial charge in [-0.2, -0.15) is 0 Å². The van der Waals surface area contributed by atoms with Gasteiger partial charge in [0.05, 0.1) is 5.38 Å². The van der Waals surface area contributed by atoms with Crippen LogP contribution in [0.4, 0.5) is 0 Å². The average molecular weight is 389 g/mol. The van der Waals surface area contributed by atoms with Gasteiger partial charge >= 0.3 is 0 Å². The Labute approximate surface area is 130 Å². The Hall–Kier alpha value is -0.310. The van der Waals surface area contributed by atoms with Gasteiger partial charge in [0.2, 0.25) is 0 Å². The SMILES string of the molecule is Cc1cccc(C)c1C(Cl)c1cc(Br)ccc1Br. The van der Waals surface area contributed by atoms with Gasteiger partial charge in [0.15, 0.2) is 0 Å². The molecule has 2 rings (SSSR count). The largest absolute Gasteiger partial charge is 0.113 e. The summed E-state index contributed by atoms with van der Waals surface area (Å²) >= 11 is 13.7. The highest BCUT2D eigenvalue weighted by Crippen LogP contribution is 2.38. The first-order valence-corrected chi connectivity index (χ1v) is 7.68. The number of alkyl halides is 1. The fourth-order valence-electron chi connectivity index (χ4n) is 2.09. The van der Waals surface area contributed by atoms with E-state index < -0.39 is 0 Å². The molecule has 2 aromatic carbocycles. The third-order valence-corrected chi connectivity index (χ3v) is 4.70.